The standard InChI is InChI=1S/C12H12N2O/c13-11-3-1-10(2-4-11)9-15-12-5-7-14-8-6-12/h1-8H,9,13H2. The van der Waals surface area contributed by atoms with Crippen molar-refractivity contribution in [3.63, 3.8) is 0 Å². The maximum Gasteiger partial charge on any atom is 0.122 e. The third-order valence-corrected chi connectivity index (χ3v) is 2.03. The molecule has 2 N–H and O–H groups in total. The van der Waals surface area contributed by atoms with Gasteiger partial charge in [-0.05, 0) is 29.8 Å². The number of anilines is 1. The molecule has 1 aromatic heterocycles. The average Bonchev–Trinajstić information content (AvgIpc) is 2.30. The van der Waals surface area contributed by atoms with Gasteiger partial charge in [-0.2, -0.15) is 0 Å². The van der Waals surface area contributed by atoms with Crippen molar-refractivity contribution in [2.75, 3.05) is 5.73 Å². The monoisotopic (exact) mass is 200 g/mol. The molecule has 0 amide bonds. The van der Waals surface area contributed by atoms with Gasteiger partial charge in [-0.25, -0.2) is 0 Å². The summed E-state index contributed by atoms with van der Waals surface area (Å²) >= 11 is 0. The molecule has 0 spiro atoms. The molecular weight excluding hydrogens is 188 g/mol. The van der Waals surface area contributed by atoms with Crippen LogP contribution in [0, 0.1) is 0 Å². The number of pyridine rings is 1. The van der Waals surface area contributed by atoms with Crippen LogP contribution < -0.4 is 10.5 Å². The lowest BCUT2D eigenvalue weighted by Gasteiger charge is -2.05. The van der Waals surface area contributed by atoms with Crippen molar-refractivity contribution >= 4 is 5.69 Å². The van der Waals surface area contributed by atoms with Crippen LogP contribution in [0.3, 0.4) is 0 Å². The highest BCUT2D eigenvalue weighted by Crippen LogP contribution is 2.11. The number of ether oxygens (including phenoxy) is 1. The van der Waals surface area contributed by atoms with Gasteiger partial charge in [-0.15, -0.1) is 0 Å². The second kappa shape index (κ2) is 4.46. The number of benzene rings is 1. The molecule has 0 atom stereocenters. The molecule has 3 heteroatoms. The van der Waals surface area contributed by atoms with Crippen molar-refractivity contribution < 1.29 is 4.74 Å². The first-order chi connectivity index (χ1) is 7.34. The van der Waals surface area contributed by atoms with Crippen LogP contribution in [-0.2, 0) is 6.61 Å². The quantitative estimate of drug-likeness (QED) is 0.773. The Balaban J connectivity index is 1.96. The molecule has 1 aromatic carbocycles. The number of aromatic nitrogens is 1. The highest BCUT2D eigenvalue weighted by atomic mass is 16.5. The van der Waals surface area contributed by atoms with Crippen LogP contribution in [0.4, 0.5) is 5.69 Å². The predicted molar refractivity (Wildman–Crippen MR) is 59.4 cm³/mol. The Morgan fingerprint density at radius 3 is 2.33 bits per heavy atom. The highest BCUT2D eigenvalue weighted by Gasteiger charge is 1.94. The van der Waals surface area contributed by atoms with Gasteiger partial charge in [-0.3, -0.25) is 4.98 Å². The summed E-state index contributed by atoms with van der Waals surface area (Å²) < 4.78 is 5.55. The minimum absolute atomic E-state index is 0.546. The van der Waals surface area contributed by atoms with E-state index in [1.54, 1.807) is 12.4 Å². The Labute approximate surface area is 88.5 Å². The van der Waals surface area contributed by atoms with Gasteiger partial charge in [0.2, 0.25) is 0 Å². The molecule has 0 aliphatic rings. The summed E-state index contributed by atoms with van der Waals surface area (Å²) in [5.41, 5.74) is 7.45. The molecule has 0 saturated carbocycles. The molecule has 0 aliphatic carbocycles. The zero-order chi connectivity index (χ0) is 10.5. The first-order valence-corrected chi connectivity index (χ1v) is 4.72. The Hall–Kier alpha value is -2.03. The Morgan fingerprint density at radius 1 is 1.00 bits per heavy atom. The topological polar surface area (TPSA) is 48.1 Å². The molecule has 2 aromatic rings. The van der Waals surface area contributed by atoms with Crippen LogP contribution in [0.1, 0.15) is 5.56 Å². The minimum atomic E-state index is 0.546. The molecule has 1 heterocycles. The molecule has 0 radical (unpaired) electrons. The maximum atomic E-state index is 5.58. The zero-order valence-corrected chi connectivity index (χ0v) is 8.26. The first-order valence-electron chi connectivity index (χ1n) is 4.72. The van der Waals surface area contributed by atoms with Gasteiger partial charge in [0.05, 0.1) is 0 Å². The van der Waals surface area contributed by atoms with Gasteiger partial charge in [0.25, 0.3) is 0 Å². The number of nitrogen functional groups attached to an aromatic ring is 1. The van der Waals surface area contributed by atoms with Gasteiger partial charge in [0.15, 0.2) is 0 Å². The van der Waals surface area contributed by atoms with Gasteiger partial charge >= 0.3 is 0 Å². The summed E-state index contributed by atoms with van der Waals surface area (Å²) in [5.74, 6) is 0.821. The number of nitrogens with zero attached hydrogens (tertiary/aromatic N) is 1. The molecule has 0 bridgehead atoms. The predicted octanol–water partition coefficient (Wildman–Crippen LogP) is 2.24. The largest absolute Gasteiger partial charge is 0.489 e. The van der Waals surface area contributed by atoms with E-state index >= 15 is 0 Å². The number of rotatable bonds is 3. The Morgan fingerprint density at radius 2 is 1.67 bits per heavy atom. The summed E-state index contributed by atoms with van der Waals surface area (Å²) in [4.78, 5) is 3.92. The first kappa shape index (κ1) is 9.52. The lowest BCUT2D eigenvalue weighted by Crippen LogP contribution is -1.95. The van der Waals surface area contributed by atoms with Crippen LogP contribution in [0.25, 0.3) is 0 Å². The van der Waals surface area contributed by atoms with Crippen LogP contribution >= 0.6 is 0 Å². The molecule has 2 rings (SSSR count). The van der Waals surface area contributed by atoms with E-state index in [0.29, 0.717) is 6.61 Å². The summed E-state index contributed by atoms with van der Waals surface area (Å²) in [6.07, 6.45) is 3.41. The summed E-state index contributed by atoms with van der Waals surface area (Å²) in [6.45, 7) is 0.546. The lowest BCUT2D eigenvalue weighted by molar-refractivity contribution is 0.306. The van der Waals surface area contributed by atoms with Crippen molar-refractivity contribution in [1.82, 2.24) is 4.98 Å². The second-order valence-corrected chi connectivity index (χ2v) is 3.21. The van der Waals surface area contributed by atoms with E-state index in [1.807, 2.05) is 36.4 Å². The SMILES string of the molecule is Nc1ccc(COc2ccncc2)cc1. The van der Waals surface area contributed by atoms with Crippen molar-refractivity contribution in [1.29, 1.82) is 0 Å². The molecule has 15 heavy (non-hydrogen) atoms. The lowest BCUT2D eigenvalue weighted by atomic mass is 10.2. The third-order valence-electron chi connectivity index (χ3n) is 2.03. The minimum Gasteiger partial charge on any atom is -0.489 e. The zero-order valence-electron chi connectivity index (χ0n) is 8.26. The van der Waals surface area contributed by atoms with Crippen LogP contribution in [-0.4, -0.2) is 4.98 Å². The van der Waals surface area contributed by atoms with Gasteiger partial charge < -0.3 is 10.5 Å². The number of hydrogen-bond acceptors (Lipinski definition) is 3. The van der Waals surface area contributed by atoms with E-state index in [9.17, 15) is 0 Å². The fourth-order valence-electron chi connectivity index (χ4n) is 1.21. The van der Waals surface area contributed by atoms with E-state index in [-0.39, 0.29) is 0 Å². The number of nitrogens with two attached hydrogens (primary N) is 1. The molecule has 0 saturated heterocycles. The van der Waals surface area contributed by atoms with Crippen molar-refractivity contribution in [3.8, 4) is 5.75 Å². The summed E-state index contributed by atoms with van der Waals surface area (Å²) in [6, 6.07) is 11.3. The molecule has 0 aliphatic heterocycles. The van der Waals surface area contributed by atoms with Crippen molar-refractivity contribution in [2.24, 2.45) is 0 Å². The van der Waals surface area contributed by atoms with E-state index in [0.717, 1.165) is 17.0 Å². The van der Waals surface area contributed by atoms with E-state index in [2.05, 4.69) is 4.98 Å². The van der Waals surface area contributed by atoms with Gasteiger partial charge in [0.1, 0.15) is 12.4 Å². The Kier molecular flexibility index (Phi) is 2.83. The van der Waals surface area contributed by atoms with Crippen molar-refractivity contribution in [2.45, 2.75) is 6.61 Å². The van der Waals surface area contributed by atoms with Crippen LogP contribution in [0.2, 0.25) is 0 Å². The average molecular weight is 200 g/mol. The smallest absolute Gasteiger partial charge is 0.122 e. The highest BCUT2D eigenvalue weighted by molar-refractivity contribution is 5.39. The molecule has 0 unspecified atom stereocenters. The van der Waals surface area contributed by atoms with Gasteiger partial charge in [-0.1, -0.05) is 12.1 Å². The fourth-order valence-corrected chi connectivity index (χ4v) is 1.21. The molecule has 76 valence electrons. The van der Waals surface area contributed by atoms with E-state index in [1.165, 1.54) is 0 Å². The second-order valence-electron chi connectivity index (χ2n) is 3.21. The van der Waals surface area contributed by atoms with Crippen LogP contribution in [0.5, 0.6) is 5.75 Å². The summed E-state index contributed by atoms with van der Waals surface area (Å²) in [7, 11) is 0. The maximum absolute atomic E-state index is 5.58. The Bertz CT molecular complexity index is 411. The molecule has 3 nitrogen and oxygen atoms in total. The molecular formula is C12H12N2O. The van der Waals surface area contributed by atoms with Gasteiger partial charge in [0, 0.05) is 18.1 Å². The normalized spacial score (nSPS) is 9.87. The molecule has 0 fully saturated rings. The number of hydrogen-bond donors (Lipinski definition) is 1. The van der Waals surface area contributed by atoms with E-state index < -0.39 is 0 Å². The summed E-state index contributed by atoms with van der Waals surface area (Å²) in [5, 5.41) is 0. The third kappa shape index (κ3) is 2.71. The van der Waals surface area contributed by atoms with Crippen molar-refractivity contribution in [3.05, 3.63) is 54.4 Å². The van der Waals surface area contributed by atoms with E-state index in [4.69, 9.17) is 10.5 Å². The van der Waals surface area contributed by atoms with Crippen LogP contribution in [0.15, 0.2) is 48.8 Å². The fraction of sp³-hybridized carbons (Fsp3) is 0.0833.